The SMILES string of the molecule is O=C1CCC(N2C(=O)c3cccc(CNCC4CCC5(CCNCC5)CC4)c3C2=O)C(=O)N1. The van der Waals surface area contributed by atoms with Crippen molar-refractivity contribution in [2.24, 2.45) is 11.3 Å². The largest absolute Gasteiger partial charge is 0.317 e. The van der Waals surface area contributed by atoms with Crippen molar-refractivity contribution >= 4 is 23.6 Å². The van der Waals surface area contributed by atoms with Gasteiger partial charge in [-0.25, -0.2) is 0 Å². The zero-order valence-electron chi connectivity index (χ0n) is 19.0. The summed E-state index contributed by atoms with van der Waals surface area (Å²) in [5.74, 6) is -1.20. The first kappa shape index (κ1) is 22.2. The van der Waals surface area contributed by atoms with Crippen molar-refractivity contribution in [3.63, 3.8) is 0 Å². The van der Waals surface area contributed by atoms with Gasteiger partial charge in [0.15, 0.2) is 0 Å². The van der Waals surface area contributed by atoms with Crippen LogP contribution in [0.2, 0.25) is 0 Å². The number of hydrogen-bond donors (Lipinski definition) is 3. The molecule has 1 aliphatic carbocycles. The highest BCUT2D eigenvalue weighted by atomic mass is 16.2. The van der Waals surface area contributed by atoms with Crippen molar-refractivity contribution in [1.82, 2.24) is 20.9 Å². The summed E-state index contributed by atoms with van der Waals surface area (Å²) in [6.07, 6.45) is 7.96. The molecule has 0 bridgehead atoms. The number of nitrogens with one attached hydrogen (secondary N) is 3. The average Bonchev–Trinajstić information content (AvgIpc) is 3.07. The first-order valence-electron chi connectivity index (χ1n) is 12.2. The molecule has 8 heteroatoms. The average molecular weight is 453 g/mol. The highest BCUT2D eigenvalue weighted by Crippen LogP contribution is 2.44. The van der Waals surface area contributed by atoms with Crippen molar-refractivity contribution in [2.75, 3.05) is 19.6 Å². The lowest BCUT2D eigenvalue weighted by Gasteiger charge is -2.43. The van der Waals surface area contributed by atoms with Crippen molar-refractivity contribution in [1.29, 1.82) is 0 Å². The van der Waals surface area contributed by atoms with E-state index < -0.39 is 23.8 Å². The van der Waals surface area contributed by atoms with Gasteiger partial charge in [-0.2, -0.15) is 0 Å². The van der Waals surface area contributed by atoms with Crippen molar-refractivity contribution in [3.8, 4) is 0 Å². The van der Waals surface area contributed by atoms with E-state index in [0.717, 1.165) is 30.1 Å². The van der Waals surface area contributed by atoms with Crippen LogP contribution < -0.4 is 16.0 Å². The summed E-state index contributed by atoms with van der Waals surface area (Å²) in [7, 11) is 0. The van der Waals surface area contributed by atoms with Crippen molar-refractivity contribution in [3.05, 3.63) is 34.9 Å². The number of nitrogens with zero attached hydrogens (tertiary/aromatic N) is 1. The molecule has 1 saturated carbocycles. The standard InChI is InChI=1S/C25H32N4O4/c30-20-5-4-19(22(31)28-20)29-23(32)18-3-1-2-17(21(18)24(29)33)15-27-14-16-6-8-25(9-7-16)10-12-26-13-11-25/h1-3,16,19,26-27H,4-15H2,(H,28,30,31). The lowest BCUT2D eigenvalue weighted by atomic mass is 9.66. The Morgan fingerprint density at radius 3 is 2.45 bits per heavy atom. The Morgan fingerprint density at radius 2 is 1.73 bits per heavy atom. The monoisotopic (exact) mass is 452 g/mol. The zero-order chi connectivity index (χ0) is 23.0. The van der Waals surface area contributed by atoms with E-state index in [1.807, 2.05) is 6.07 Å². The number of fused-ring (bicyclic) bond motifs is 1. The third kappa shape index (κ3) is 4.22. The number of amides is 4. The summed E-state index contributed by atoms with van der Waals surface area (Å²) in [5, 5.41) is 9.23. The van der Waals surface area contributed by atoms with Gasteiger partial charge in [-0.05, 0) is 87.5 Å². The highest BCUT2D eigenvalue weighted by Gasteiger charge is 2.45. The van der Waals surface area contributed by atoms with Crippen LogP contribution in [0.5, 0.6) is 0 Å². The first-order valence-corrected chi connectivity index (χ1v) is 12.2. The molecule has 1 spiro atoms. The molecule has 3 aliphatic heterocycles. The van der Waals surface area contributed by atoms with Crippen LogP contribution in [0, 0.1) is 11.3 Å². The van der Waals surface area contributed by atoms with E-state index >= 15 is 0 Å². The smallest absolute Gasteiger partial charge is 0.262 e. The molecule has 1 aromatic carbocycles. The van der Waals surface area contributed by atoms with E-state index in [4.69, 9.17) is 0 Å². The van der Waals surface area contributed by atoms with Crippen LogP contribution >= 0.6 is 0 Å². The molecule has 3 heterocycles. The van der Waals surface area contributed by atoms with Gasteiger partial charge in [0.05, 0.1) is 11.1 Å². The second kappa shape index (κ2) is 8.99. The van der Waals surface area contributed by atoms with Gasteiger partial charge in [0.1, 0.15) is 6.04 Å². The van der Waals surface area contributed by atoms with Gasteiger partial charge in [-0.15, -0.1) is 0 Å². The maximum atomic E-state index is 13.2. The summed E-state index contributed by atoms with van der Waals surface area (Å²) in [5.41, 5.74) is 2.06. The van der Waals surface area contributed by atoms with Crippen LogP contribution in [-0.4, -0.2) is 54.2 Å². The normalized spacial score (nSPS) is 25.5. The van der Waals surface area contributed by atoms with Crippen molar-refractivity contribution in [2.45, 2.75) is 64.0 Å². The fourth-order valence-electron chi connectivity index (χ4n) is 6.09. The van der Waals surface area contributed by atoms with Crippen LogP contribution in [0.1, 0.15) is 77.6 Å². The Balaban J connectivity index is 1.21. The third-order valence-corrected chi connectivity index (χ3v) is 8.13. The molecule has 5 rings (SSSR count). The fourth-order valence-corrected chi connectivity index (χ4v) is 6.09. The van der Waals surface area contributed by atoms with Crippen LogP contribution in [0.3, 0.4) is 0 Å². The molecule has 2 saturated heterocycles. The van der Waals surface area contributed by atoms with E-state index in [-0.39, 0.29) is 18.7 Å². The summed E-state index contributed by atoms with van der Waals surface area (Å²) < 4.78 is 0. The predicted molar refractivity (Wildman–Crippen MR) is 121 cm³/mol. The van der Waals surface area contributed by atoms with Gasteiger partial charge in [0.2, 0.25) is 11.8 Å². The Morgan fingerprint density at radius 1 is 0.970 bits per heavy atom. The zero-order valence-corrected chi connectivity index (χ0v) is 19.0. The second-order valence-corrected chi connectivity index (χ2v) is 10.1. The molecule has 1 aromatic rings. The molecule has 3 N–H and O–H groups in total. The van der Waals surface area contributed by atoms with Gasteiger partial charge < -0.3 is 10.6 Å². The maximum absolute atomic E-state index is 13.2. The molecule has 0 aromatic heterocycles. The minimum Gasteiger partial charge on any atom is -0.317 e. The molecular formula is C25H32N4O4. The van der Waals surface area contributed by atoms with Crippen LogP contribution in [0.15, 0.2) is 18.2 Å². The van der Waals surface area contributed by atoms with E-state index in [1.165, 1.54) is 38.5 Å². The van der Waals surface area contributed by atoms with E-state index in [1.54, 1.807) is 12.1 Å². The number of imide groups is 2. The third-order valence-electron chi connectivity index (χ3n) is 8.13. The van der Waals surface area contributed by atoms with Gasteiger partial charge in [0.25, 0.3) is 11.8 Å². The van der Waals surface area contributed by atoms with E-state index in [2.05, 4.69) is 16.0 Å². The minimum atomic E-state index is -0.930. The lowest BCUT2D eigenvalue weighted by molar-refractivity contribution is -0.136. The molecule has 1 atom stereocenters. The molecule has 33 heavy (non-hydrogen) atoms. The van der Waals surface area contributed by atoms with Gasteiger partial charge >= 0.3 is 0 Å². The molecular weight excluding hydrogens is 420 g/mol. The molecule has 4 aliphatic rings. The quantitative estimate of drug-likeness (QED) is 0.588. The summed E-state index contributed by atoms with van der Waals surface area (Å²) in [6.45, 7) is 3.70. The summed E-state index contributed by atoms with van der Waals surface area (Å²) >= 11 is 0. The molecule has 1 unspecified atom stereocenters. The highest BCUT2D eigenvalue weighted by molar-refractivity contribution is 6.24. The molecule has 0 radical (unpaired) electrons. The Kier molecular flexibility index (Phi) is 6.05. The molecule has 4 amide bonds. The fraction of sp³-hybridized carbons (Fsp3) is 0.600. The molecule has 176 valence electrons. The number of carbonyl (C=O) groups is 4. The summed E-state index contributed by atoms with van der Waals surface area (Å²) in [6, 6.07) is 4.37. The van der Waals surface area contributed by atoms with Gasteiger partial charge in [-0.3, -0.25) is 29.4 Å². The van der Waals surface area contributed by atoms with Gasteiger partial charge in [0, 0.05) is 13.0 Å². The van der Waals surface area contributed by atoms with Gasteiger partial charge in [-0.1, -0.05) is 12.1 Å². The predicted octanol–water partition coefficient (Wildman–Crippen LogP) is 1.74. The molecule has 3 fully saturated rings. The number of rotatable bonds is 5. The topological polar surface area (TPSA) is 108 Å². The minimum absolute atomic E-state index is 0.122. The van der Waals surface area contributed by atoms with Crippen LogP contribution in [0.4, 0.5) is 0 Å². The van der Waals surface area contributed by atoms with Crippen LogP contribution in [0.25, 0.3) is 0 Å². The second-order valence-electron chi connectivity index (χ2n) is 10.1. The number of carbonyl (C=O) groups excluding carboxylic acids is 4. The Bertz CT molecular complexity index is 975. The maximum Gasteiger partial charge on any atom is 0.262 e. The number of benzene rings is 1. The van der Waals surface area contributed by atoms with E-state index in [0.29, 0.717) is 29.0 Å². The number of hydrogen-bond acceptors (Lipinski definition) is 6. The Hall–Kier alpha value is -2.58. The van der Waals surface area contributed by atoms with Crippen molar-refractivity contribution < 1.29 is 19.2 Å². The van der Waals surface area contributed by atoms with E-state index in [9.17, 15) is 19.2 Å². The van der Waals surface area contributed by atoms with Crippen LogP contribution in [-0.2, 0) is 16.1 Å². The lowest BCUT2D eigenvalue weighted by Crippen LogP contribution is -2.54. The molecule has 8 nitrogen and oxygen atoms in total. The first-order chi connectivity index (χ1) is 16.0. The number of piperidine rings is 2. The Labute approximate surface area is 193 Å². The summed E-state index contributed by atoms with van der Waals surface area (Å²) in [4.78, 5) is 51.0.